The molecule has 0 fully saturated rings. The van der Waals surface area contributed by atoms with Gasteiger partial charge in [0, 0.05) is 12.6 Å². The van der Waals surface area contributed by atoms with Gasteiger partial charge in [-0.15, -0.1) is 0 Å². The van der Waals surface area contributed by atoms with Crippen LogP contribution in [-0.4, -0.2) is 13.0 Å². The predicted molar refractivity (Wildman–Crippen MR) is 107 cm³/mol. The third kappa shape index (κ3) is 3.39. The first kappa shape index (κ1) is 19.2. The largest absolute Gasteiger partial charge is 0.419 e. The minimum atomic E-state index is -3.83. The van der Waals surface area contributed by atoms with Crippen molar-refractivity contribution < 1.29 is 12.8 Å². The van der Waals surface area contributed by atoms with Gasteiger partial charge in [0.25, 0.3) is 10.0 Å². The summed E-state index contributed by atoms with van der Waals surface area (Å²) in [6.45, 7) is 8.00. The maximum absolute atomic E-state index is 13.1. The number of hydrogen-bond acceptors (Lipinski definition) is 4. The van der Waals surface area contributed by atoms with Gasteiger partial charge in [0.2, 0.25) is 0 Å². The molecular weight excluding hydrogens is 364 g/mol. The number of nitrogens with one attached hydrogen (secondary N) is 1. The number of sulfonamides is 1. The Labute approximate surface area is 158 Å². The van der Waals surface area contributed by atoms with Crippen LogP contribution >= 0.6 is 0 Å². The third-order valence-electron chi connectivity index (χ3n) is 4.81. The van der Waals surface area contributed by atoms with Gasteiger partial charge in [-0.25, -0.2) is 13.2 Å². The van der Waals surface area contributed by atoms with E-state index in [0.717, 1.165) is 24.0 Å². The second kappa shape index (κ2) is 7.23. The van der Waals surface area contributed by atoms with Crippen LogP contribution in [0.4, 0.5) is 5.69 Å². The standard InChI is InChI=1S/C20H24N2O4S/c1-5-14-9-8-10-15(6-2)19(14)21-27(24,25)18-12-17-16(11-13(18)4)22(7-3)20(23)26-17/h8-12,21H,5-7H2,1-4H3. The molecule has 0 bridgehead atoms. The molecule has 0 spiro atoms. The highest BCUT2D eigenvalue weighted by Gasteiger charge is 2.22. The van der Waals surface area contributed by atoms with Crippen molar-refractivity contribution in [2.24, 2.45) is 0 Å². The fraction of sp³-hybridized carbons (Fsp3) is 0.350. The lowest BCUT2D eigenvalue weighted by atomic mass is 10.0. The molecule has 1 heterocycles. The van der Waals surface area contributed by atoms with Crippen molar-refractivity contribution in [3.05, 3.63) is 57.6 Å². The second-order valence-corrected chi connectivity index (χ2v) is 8.11. The van der Waals surface area contributed by atoms with Crippen molar-refractivity contribution in [3.8, 4) is 0 Å². The number of nitrogens with zero attached hydrogens (tertiary/aromatic N) is 1. The average molecular weight is 388 g/mol. The summed E-state index contributed by atoms with van der Waals surface area (Å²) < 4.78 is 35.7. The lowest BCUT2D eigenvalue weighted by molar-refractivity contribution is 0.512. The number of rotatable bonds is 6. The second-order valence-electron chi connectivity index (χ2n) is 6.46. The molecule has 144 valence electrons. The van der Waals surface area contributed by atoms with Gasteiger partial charge in [-0.2, -0.15) is 0 Å². The summed E-state index contributed by atoms with van der Waals surface area (Å²) in [6.07, 6.45) is 1.44. The maximum Gasteiger partial charge on any atom is 0.419 e. The van der Waals surface area contributed by atoms with Crippen LogP contribution in [0.5, 0.6) is 0 Å². The Balaban J connectivity index is 2.14. The Morgan fingerprint density at radius 3 is 2.26 bits per heavy atom. The van der Waals surface area contributed by atoms with Gasteiger partial charge in [0.05, 0.1) is 16.1 Å². The Morgan fingerprint density at radius 1 is 1.07 bits per heavy atom. The molecule has 0 saturated carbocycles. The summed E-state index contributed by atoms with van der Waals surface area (Å²) in [5, 5.41) is 0. The lowest BCUT2D eigenvalue weighted by Crippen LogP contribution is -2.17. The van der Waals surface area contributed by atoms with E-state index in [1.54, 1.807) is 13.0 Å². The summed E-state index contributed by atoms with van der Waals surface area (Å²) in [5.41, 5.74) is 3.95. The summed E-state index contributed by atoms with van der Waals surface area (Å²) in [4.78, 5) is 12.0. The van der Waals surface area contributed by atoms with E-state index in [2.05, 4.69) is 4.72 Å². The number of oxazole rings is 1. The molecular formula is C20H24N2O4S. The van der Waals surface area contributed by atoms with Gasteiger partial charge in [-0.3, -0.25) is 9.29 Å². The van der Waals surface area contributed by atoms with E-state index in [9.17, 15) is 13.2 Å². The number of anilines is 1. The Bertz CT molecular complexity index is 1130. The highest BCUT2D eigenvalue weighted by atomic mass is 32.2. The SMILES string of the molecule is CCc1cccc(CC)c1NS(=O)(=O)c1cc2oc(=O)n(CC)c2cc1C. The van der Waals surface area contributed by atoms with E-state index in [1.807, 2.05) is 39.0 Å². The van der Waals surface area contributed by atoms with Crippen molar-refractivity contribution in [1.29, 1.82) is 0 Å². The normalized spacial score (nSPS) is 11.9. The molecule has 27 heavy (non-hydrogen) atoms. The molecule has 0 atom stereocenters. The van der Waals surface area contributed by atoms with E-state index in [1.165, 1.54) is 10.6 Å². The topological polar surface area (TPSA) is 81.3 Å². The zero-order valence-corrected chi connectivity index (χ0v) is 16.8. The number of aryl methyl sites for hydroxylation is 4. The smallest absolute Gasteiger partial charge is 0.408 e. The molecule has 0 aliphatic heterocycles. The molecule has 3 aromatic rings. The monoisotopic (exact) mass is 388 g/mol. The molecule has 0 aliphatic rings. The molecule has 2 aromatic carbocycles. The zero-order valence-electron chi connectivity index (χ0n) is 16.0. The van der Waals surface area contributed by atoms with Crippen LogP contribution in [-0.2, 0) is 29.4 Å². The van der Waals surface area contributed by atoms with Crippen molar-refractivity contribution in [2.75, 3.05) is 4.72 Å². The number of hydrogen-bond donors (Lipinski definition) is 1. The van der Waals surface area contributed by atoms with Gasteiger partial charge in [0.1, 0.15) is 0 Å². The highest BCUT2D eigenvalue weighted by molar-refractivity contribution is 7.92. The average Bonchev–Trinajstić information content (AvgIpc) is 2.94. The van der Waals surface area contributed by atoms with E-state index in [0.29, 0.717) is 23.3 Å². The summed E-state index contributed by atoms with van der Waals surface area (Å²) >= 11 is 0. The summed E-state index contributed by atoms with van der Waals surface area (Å²) in [5.74, 6) is -0.487. The number of para-hydroxylation sites is 1. The maximum atomic E-state index is 13.1. The fourth-order valence-corrected chi connectivity index (χ4v) is 4.73. The van der Waals surface area contributed by atoms with Crippen LogP contribution in [0.25, 0.3) is 11.1 Å². The van der Waals surface area contributed by atoms with E-state index >= 15 is 0 Å². The van der Waals surface area contributed by atoms with Crippen molar-refractivity contribution in [3.63, 3.8) is 0 Å². The van der Waals surface area contributed by atoms with Gasteiger partial charge in [-0.05, 0) is 49.4 Å². The molecule has 0 unspecified atom stereocenters. The van der Waals surface area contributed by atoms with Gasteiger partial charge in [-0.1, -0.05) is 32.0 Å². The summed E-state index contributed by atoms with van der Waals surface area (Å²) in [6, 6.07) is 8.90. The lowest BCUT2D eigenvalue weighted by Gasteiger charge is -2.16. The summed E-state index contributed by atoms with van der Waals surface area (Å²) in [7, 11) is -3.83. The van der Waals surface area contributed by atoms with E-state index < -0.39 is 15.8 Å². The molecule has 0 radical (unpaired) electrons. The van der Waals surface area contributed by atoms with Gasteiger partial charge < -0.3 is 4.42 Å². The first-order valence-electron chi connectivity index (χ1n) is 9.09. The first-order chi connectivity index (χ1) is 12.8. The highest BCUT2D eigenvalue weighted by Crippen LogP contribution is 2.28. The number of fused-ring (bicyclic) bond motifs is 1. The number of benzene rings is 2. The Morgan fingerprint density at radius 2 is 1.70 bits per heavy atom. The van der Waals surface area contributed by atoms with Crippen LogP contribution in [0.1, 0.15) is 37.5 Å². The van der Waals surface area contributed by atoms with Crippen LogP contribution < -0.4 is 10.5 Å². The van der Waals surface area contributed by atoms with Crippen LogP contribution in [0.15, 0.2) is 44.4 Å². The quantitative estimate of drug-likeness (QED) is 0.695. The van der Waals surface area contributed by atoms with E-state index in [-0.39, 0.29) is 10.5 Å². The molecule has 0 aliphatic carbocycles. The minimum Gasteiger partial charge on any atom is -0.408 e. The Hall–Kier alpha value is -2.54. The molecule has 1 aromatic heterocycles. The molecule has 3 rings (SSSR count). The molecule has 7 heteroatoms. The third-order valence-corrected chi connectivity index (χ3v) is 6.30. The van der Waals surface area contributed by atoms with E-state index in [4.69, 9.17) is 4.42 Å². The van der Waals surface area contributed by atoms with Crippen LogP contribution in [0, 0.1) is 6.92 Å². The van der Waals surface area contributed by atoms with Crippen molar-refractivity contribution in [1.82, 2.24) is 4.57 Å². The first-order valence-corrected chi connectivity index (χ1v) is 10.6. The number of aromatic nitrogens is 1. The molecule has 0 amide bonds. The molecule has 6 nitrogen and oxygen atoms in total. The predicted octanol–water partition coefficient (Wildman–Crippen LogP) is 3.85. The molecule has 0 saturated heterocycles. The van der Waals surface area contributed by atoms with Crippen molar-refractivity contribution >= 4 is 26.8 Å². The minimum absolute atomic E-state index is 0.111. The van der Waals surface area contributed by atoms with Crippen LogP contribution in [0.3, 0.4) is 0 Å². The zero-order chi connectivity index (χ0) is 19.8. The fourth-order valence-electron chi connectivity index (χ4n) is 3.35. The van der Waals surface area contributed by atoms with Crippen molar-refractivity contribution in [2.45, 2.75) is 52.0 Å². The van der Waals surface area contributed by atoms with Gasteiger partial charge >= 0.3 is 5.76 Å². The van der Waals surface area contributed by atoms with Gasteiger partial charge in [0.15, 0.2) is 5.58 Å². The Kier molecular flexibility index (Phi) is 5.15. The van der Waals surface area contributed by atoms with Crippen LogP contribution in [0.2, 0.25) is 0 Å². The molecule has 1 N–H and O–H groups in total.